The van der Waals surface area contributed by atoms with E-state index < -0.39 is 0 Å². The molecular formula is C18H14BrN3O. The van der Waals surface area contributed by atoms with Gasteiger partial charge in [-0.2, -0.15) is 0 Å². The minimum absolute atomic E-state index is 0.0351. The van der Waals surface area contributed by atoms with E-state index in [1.54, 1.807) is 18.3 Å². The third kappa shape index (κ3) is 2.57. The number of pyridine rings is 1. The summed E-state index contributed by atoms with van der Waals surface area (Å²) in [7, 11) is 0. The van der Waals surface area contributed by atoms with Crippen molar-refractivity contribution in [2.75, 3.05) is 4.90 Å². The summed E-state index contributed by atoms with van der Waals surface area (Å²) in [5.41, 5.74) is 3.81. The van der Waals surface area contributed by atoms with Crippen LogP contribution in [0.5, 0.6) is 0 Å². The van der Waals surface area contributed by atoms with Gasteiger partial charge in [0, 0.05) is 30.3 Å². The van der Waals surface area contributed by atoms with Gasteiger partial charge in [0.2, 0.25) is 0 Å². The number of anilines is 1. The molecule has 5 heteroatoms. The van der Waals surface area contributed by atoms with Gasteiger partial charge in [0.25, 0.3) is 5.91 Å². The highest BCUT2D eigenvalue weighted by Crippen LogP contribution is 2.29. The molecule has 2 aromatic heterocycles. The fraction of sp³-hybridized carbons (Fsp3) is 0.111. The van der Waals surface area contributed by atoms with Crippen molar-refractivity contribution in [2.45, 2.75) is 13.1 Å². The summed E-state index contributed by atoms with van der Waals surface area (Å²) in [5.74, 6) is -0.0351. The topological polar surface area (TPSA) is 38.1 Å². The Balaban J connectivity index is 1.80. The summed E-state index contributed by atoms with van der Waals surface area (Å²) in [4.78, 5) is 19.0. The maximum absolute atomic E-state index is 13.0. The van der Waals surface area contributed by atoms with Crippen molar-refractivity contribution in [3.8, 4) is 0 Å². The summed E-state index contributed by atoms with van der Waals surface area (Å²) in [5, 5.41) is 0. The predicted molar refractivity (Wildman–Crippen MR) is 92.4 cm³/mol. The highest BCUT2D eigenvalue weighted by Gasteiger charge is 2.24. The zero-order valence-electron chi connectivity index (χ0n) is 12.3. The average Bonchev–Trinajstić information content (AvgIpc) is 2.94. The molecule has 1 aromatic carbocycles. The number of carbonyl (C=O) groups is 1. The Bertz CT molecular complexity index is 870. The fourth-order valence-corrected chi connectivity index (χ4v) is 3.16. The minimum Gasteiger partial charge on any atom is -0.345 e. The lowest BCUT2D eigenvalue weighted by Crippen LogP contribution is -2.30. The van der Waals surface area contributed by atoms with Crippen molar-refractivity contribution in [3.05, 3.63) is 82.3 Å². The van der Waals surface area contributed by atoms with Gasteiger partial charge in [0.1, 0.15) is 4.60 Å². The number of nitrogens with zero attached hydrogens (tertiary/aromatic N) is 3. The molecule has 0 N–H and O–H groups in total. The Morgan fingerprint density at radius 2 is 1.91 bits per heavy atom. The molecule has 0 unspecified atom stereocenters. The molecule has 0 aliphatic carbocycles. The number of aromatic nitrogens is 2. The second-order valence-electron chi connectivity index (χ2n) is 5.52. The second kappa shape index (κ2) is 5.66. The van der Waals surface area contributed by atoms with E-state index in [0.29, 0.717) is 12.1 Å². The van der Waals surface area contributed by atoms with E-state index in [1.165, 1.54) is 0 Å². The number of amides is 1. The van der Waals surface area contributed by atoms with Crippen LogP contribution >= 0.6 is 15.9 Å². The molecule has 0 spiro atoms. The van der Waals surface area contributed by atoms with Crippen molar-refractivity contribution in [2.24, 2.45) is 0 Å². The maximum atomic E-state index is 13.0. The lowest BCUT2D eigenvalue weighted by molar-refractivity contribution is 0.0984. The first-order chi connectivity index (χ1) is 11.2. The van der Waals surface area contributed by atoms with E-state index >= 15 is 0 Å². The number of hydrogen-bond acceptors (Lipinski definition) is 2. The van der Waals surface area contributed by atoms with Crippen molar-refractivity contribution >= 4 is 27.5 Å². The third-order valence-electron chi connectivity index (χ3n) is 4.09. The van der Waals surface area contributed by atoms with E-state index in [0.717, 1.165) is 28.1 Å². The normalized spacial score (nSPS) is 13.2. The Labute approximate surface area is 142 Å². The summed E-state index contributed by atoms with van der Waals surface area (Å²) in [6.45, 7) is 1.33. The molecule has 3 aromatic rings. The predicted octanol–water partition coefficient (Wildman–Crippen LogP) is 3.85. The molecule has 3 heterocycles. The minimum atomic E-state index is -0.0351. The summed E-state index contributed by atoms with van der Waals surface area (Å²) in [6.07, 6.45) is 3.67. The molecule has 0 bridgehead atoms. The number of para-hydroxylation sites is 1. The molecular weight excluding hydrogens is 354 g/mol. The van der Waals surface area contributed by atoms with Gasteiger partial charge in [-0.1, -0.05) is 18.2 Å². The lowest BCUT2D eigenvalue weighted by atomic mass is 10.1. The standard InChI is InChI=1S/C18H14BrN3O/c19-17-8-7-13(10-20-17)18(23)22-12-15-5-3-9-21(15)11-14-4-1-2-6-16(14)22/h1-10H,11-12H2. The van der Waals surface area contributed by atoms with E-state index in [9.17, 15) is 4.79 Å². The van der Waals surface area contributed by atoms with E-state index in [1.807, 2.05) is 29.2 Å². The smallest absolute Gasteiger partial charge is 0.260 e. The molecule has 4 nitrogen and oxygen atoms in total. The SMILES string of the molecule is O=C(c1ccc(Br)nc1)N1Cc2cccn2Cc2ccccc21. The van der Waals surface area contributed by atoms with Crippen LogP contribution in [0.4, 0.5) is 5.69 Å². The molecule has 114 valence electrons. The molecule has 0 atom stereocenters. The van der Waals surface area contributed by atoms with Gasteiger partial charge in [0.15, 0.2) is 0 Å². The van der Waals surface area contributed by atoms with Gasteiger partial charge in [-0.05, 0) is 51.8 Å². The Kier molecular flexibility index (Phi) is 3.50. The maximum Gasteiger partial charge on any atom is 0.260 e. The van der Waals surface area contributed by atoms with Crippen LogP contribution in [0, 0.1) is 0 Å². The highest BCUT2D eigenvalue weighted by atomic mass is 79.9. The van der Waals surface area contributed by atoms with Crippen molar-refractivity contribution in [1.29, 1.82) is 0 Å². The fourth-order valence-electron chi connectivity index (χ4n) is 2.93. The molecule has 1 aliphatic rings. The number of rotatable bonds is 1. The zero-order valence-corrected chi connectivity index (χ0v) is 13.9. The first kappa shape index (κ1) is 14.2. The number of fused-ring (bicyclic) bond motifs is 2. The van der Waals surface area contributed by atoms with Crippen molar-refractivity contribution in [1.82, 2.24) is 9.55 Å². The van der Waals surface area contributed by atoms with Gasteiger partial charge >= 0.3 is 0 Å². The van der Waals surface area contributed by atoms with Crippen LogP contribution in [0.3, 0.4) is 0 Å². The second-order valence-corrected chi connectivity index (χ2v) is 6.33. The van der Waals surface area contributed by atoms with Crippen molar-refractivity contribution < 1.29 is 4.79 Å². The Hall–Kier alpha value is -2.40. The van der Waals surface area contributed by atoms with Crippen LogP contribution < -0.4 is 4.90 Å². The lowest BCUT2D eigenvalue weighted by Gasteiger charge is -2.22. The van der Waals surface area contributed by atoms with Gasteiger partial charge in [-0.3, -0.25) is 4.79 Å². The zero-order chi connectivity index (χ0) is 15.8. The first-order valence-corrected chi connectivity index (χ1v) is 8.17. The highest BCUT2D eigenvalue weighted by molar-refractivity contribution is 9.10. The van der Waals surface area contributed by atoms with Gasteiger partial charge in [0.05, 0.1) is 12.1 Å². The molecule has 0 saturated carbocycles. The van der Waals surface area contributed by atoms with Gasteiger partial charge < -0.3 is 9.47 Å². The molecule has 0 saturated heterocycles. The first-order valence-electron chi connectivity index (χ1n) is 7.38. The molecule has 23 heavy (non-hydrogen) atoms. The average molecular weight is 368 g/mol. The number of halogens is 1. The third-order valence-corrected chi connectivity index (χ3v) is 4.56. The number of hydrogen-bond donors (Lipinski definition) is 0. The molecule has 0 fully saturated rings. The van der Waals surface area contributed by atoms with Crippen LogP contribution in [0.25, 0.3) is 0 Å². The monoisotopic (exact) mass is 367 g/mol. The summed E-state index contributed by atoms with van der Waals surface area (Å²) < 4.78 is 2.91. The number of carbonyl (C=O) groups excluding carboxylic acids is 1. The van der Waals surface area contributed by atoms with Crippen LogP contribution in [-0.4, -0.2) is 15.5 Å². The van der Waals surface area contributed by atoms with Crippen LogP contribution in [-0.2, 0) is 13.1 Å². The summed E-state index contributed by atoms with van der Waals surface area (Å²) >= 11 is 3.31. The van der Waals surface area contributed by atoms with Crippen LogP contribution in [0.2, 0.25) is 0 Å². The van der Waals surface area contributed by atoms with E-state index in [-0.39, 0.29) is 5.91 Å². The largest absolute Gasteiger partial charge is 0.345 e. The Morgan fingerprint density at radius 3 is 2.74 bits per heavy atom. The molecule has 4 rings (SSSR count). The molecule has 1 amide bonds. The molecule has 1 aliphatic heterocycles. The number of benzene rings is 1. The van der Waals surface area contributed by atoms with Gasteiger partial charge in [-0.15, -0.1) is 0 Å². The van der Waals surface area contributed by atoms with Gasteiger partial charge in [-0.25, -0.2) is 4.98 Å². The van der Waals surface area contributed by atoms with E-state index in [2.05, 4.69) is 43.8 Å². The van der Waals surface area contributed by atoms with E-state index in [4.69, 9.17) is 0 Å². The van der Waals surface area contributed by atoms with Crippen LogP contribution in [0.1, 0.15) is 21.6 Å². The quantitative estimate of drug-likeness (QED) is 0.612. The Morgan fingerprint density at radius 1 is 1.04 bits per heavy atom. The van der Waals surface area contributed by atoms with Crippen LogP contribution in [0.15, 0.2) is 65.5 Å². The summed E-state index contributed by atoms with van der Waals surface area (Å²) in [6, 6.07) is 15.7. The molecule has 0 radical (unpaired) electrons. The van der Waals surface area contributed by atoms with Crippen molar-refractivity contribution in [3.63, 3.8) is 0 Å².